The van der Waals surface area contributed by atoms with Gasteiger partial charge in [-0.2, -0.15) is 0 Å². The van der Waals surface area contributed by atoms with E-state index in [2.05, 4.69) is 15.5 Å². The number of hydrogen-bond acceptors (Lipinski definition) is 5. The highest BCUT2D eigenvalue weighted by molar-refractivity contribution is 7.89. The molecule has 0 fully saturated rings. The average Bonchev–Trinajstić information content (AvgIpc) is 2.52. The first kappa shape index (κ1) is 19.4. The summed E-state index contributed by atoms with van der Waals surface area (Å²) in [7, 11) is -1.49. The van der Waals surface area contributed by atoms with Crippen molar-refractivity contribution >= 4 is 33.4 Å². The monoisotopic (exact) mass is 363 g/mol. The van der Waals surface area contributed by atoms with E-state index in [0.717, 1.165) is 6.07 Å². The van der Waals surface area contributed by atoms with E-state index in [1.165, 1.54) is 26.3 Å². The molecule has 0 spiro atoms. The van der Waals surface area contributed by atoms with Crippen LogP contribution in [0.15, 0.2) is 23.1 Å². The molecule has 23 heavy (non-hydrogen) atoms. The molecule has 0 aliphatic carbocycles. The maximum atomic E-state index is 12.2. The van der Waals surface area contributed by atoms with Crippen molar-refractivity contribution in [3.63, 3.8) is 0 Å². The van der Waals surface area contributed by atoms with Gasteiger partial charge in [-0.05, 0) is 25.1 Å². The van der Waals surface area contributed by atoms with Gasteiger partial charge in [0.25, 0.3) is 15.9 Å². The molecule has 0 aromatic heterocycles. The minimum Gasteiger partial charge on any atom is -0.355 e. The number of benzene rings is 1. The molecule has 8 nitrogen and oxygen atoms in total. The van der Waals surface area contributed by atoms with Crippen LogP contribution >= 0.6 is 11.6 Å². The fraction of sp³-hybridized carbons (Fsp3) is 0.385. The Kier molecular flexibility index (Phi) is 6.95. The van der Waals surface area contributed by atoms with Gasteiger partial charge in [0, 0.05) is 13.6 Å². The second-order valence-electron chi connectivity index (χ2n) is 4.38. The Labute approximate surface area is 139 Å². The van der Waals surface area contributed by atoms with Gasteiger partial charge < -0.3 is 10.6 Å². The second-order valence-corrected chi connectivity index (χ2v) is 6.72. The molecule has 2 N–H and O–H groups in total. The molecule has 0 bridgehead atoms. The van der Waals surface area contributed by atoms with E-state index >= 15 is 0 Å². The lowest BCUT2D eigenvalue weighted by Gasteiger charge is -2.15. The van der Waals surface area contributed by atoms with E-state index in [4.69, 9.17) is 11.6 Å². The smallest absolute Gasteiger partial charge is 0.264 e. The lowest BCUT2D eigenvalue weighted by atomic mass is 10.2. The van der Waals surface area contributed by atoms with Crippen LogP contribution < -0.4 is 10.6 Å². The van der Waals surface area contributed by atoms with Gasteiger partial charge in [-0.15, -0.1) is 0 Å². The van der Waals surface area contributed by atoms with E-state index < -0.39 is 15.9 Å². The van der Waals surface area contributed by atoms with Gasteiger partial charge in [0.05, 0.1) is 29.1 Å². The van der Waals surface area contributed by atoms with Crippen molar-refractivity contribution in [2.45, 2.75) is 11.8 Å². The summed E-state index contributed by atoms with van der Waals surface area (Å²) in [5, 5.41) is 4.96. The maximum Gasteiger partial charge on any atom is 0.264 e. The summed E-state index contributed by atoms with van der Waals surface area (Å²) in [5.41, 5.74) is -0.0541. The van der Waals surface area contributed by atoms with Crippen molar-refractivity contribution in [2.75, 3.05) is 27.2 Å². The van der Waals surface area contributed by atoms with Crippen LogP contribution in [0, 0.1) is 0 Å². The van der Waals surface area contributed by atoms with Gasteiger partial charge in [-0.1, -0.05) is 16.1 Å². The van der Waals surface area contributed by atoms with Crippen LogP contribution in [-0.2, 0) is 19.7 Å². The fourth-order valence-corrected chi connectivity index (χ4v) is 2.80. The molecule has 1 aromatic carbocycles. The lowest BCUT2D eigenvalue weighted by Crippen LogP contribution is -2.37. The Morgan fingerprint density at radius 3 is 2.52 bits per heavy atom. The van der Waals surface area contributed by atoms with Gasteiger partial charge >= 0.3 is 0 Å². The molecule has 0 radical (unpaired) electrons. The topological polar surface area (TPSA) is 105 Å². The predicted molar refractivity (Wildman–Crippen MR) is 84.4 cm³/mol. The molecule has 0 saturated carbocycles. The third kappa shape index (κ3) is 4.90. The number of halogens is 1. The maximum absolute atomic E-state index is 12.2. The van der Waals surface area contributed by atoms with Crippen LogP contribution in [0.5, 0.6) is 0 Å². The van der Waals surface area contributed by atoms with Crippen molar-refractivity contribution in [1.29, 1.82) is 0 Å². The first-order valence-electron chi connectivity index (χ1n) is 6.61. The summed E-state index contributed by atoms with van der Waals surface area (Å²) in [6.45, 7) is 1.95. The number of carbonyl (C=O) groups is 2. The highest BCUT2D eigenvalue weighted by Crippen LogP contribution is 2.22. The van der Waals surface area contributed by atoms with Crippen LogP contribution in [0.3, 0.4) is 0 Å². The van der Waals surface area contributed by atoms with E-state index in [9.17, 15) is 18.0 Å². The van der Waals surface area contributed by atoms with E-state index in [1.807, 2.05) is 0 Å². The third-order valence-corrected chi connectivity index (χ3v) is 4.86. The second kappa shape index (κ2) is 8.25. The van der Waals surface area contributed by atoms with Crippen LogP contribution in [0.4, 0.5) is 0 Å². The summed E-state index contributed by atoms with van der Waals surface area (Å²) in [5.74, 6) is -1.02. The highest BCUT2D eigenvalue weighted by atomic mass is 35.5. The molecule has 2 amide bonds. The zero-order valence-electron chi connectivity index (χ0n) is 12.9. The van der Waals surface area contributed by atoms with Crippen molar-refractivity contribution in [1.82, 2.24) is 15.1 Å². The molecule has 0 saturated heterocycles. The molecule has 0 heterocycles. The molecule has 0 aliphatic heterocycles. The van der Waals surface area contributed by atoms with Crippen molar-refractivity contribution in [3.8, 4) is 0 Å². The Bertz CT molecular complexity index is 693. The molecular weight excluding hydrogens is 346 g/mol. The average molecular weight is 364 g/mol. The minimum absolute atomic E-state index is 0.0541. The number of hydrogen-bond donors (Lipinski definition) is 2. The summed E-state index contributed by atoms with van der Waals surface area (Å²) in [6.07, 6.45) is 0. The molecule has 10 heteroatoms. The number of carbonyl (C=O) groups excluding carboxylic acids is 2. The molecule has 128 valence electrons. The molecule has 1 aromatic rings. The number of sulfonamides is 1. The highest BCUT2D eigenvalue weighted by Gasteiger charge is 2.23. The summed E-state index contributed by atoms with van der Waals surface area (Å²) in [4.78, 5) is 27.9. The number of amides is 2. The quantitative estimate of drug-likeness (QED) is 0.682. The van der Waals surface area contributed by atoms with Gasteiger partial charge in [0.1, 0.15) is 0 Å². The van der Waals surface area contributed by atoms with Gasteiger partial charge in [-0.25, -0.2) is 8.42 Å². The standard InChI is InChI=1S/C13H18ClN3O5S/c1-4-15-12(18)8-16-13(19)10-7-9(5-6-11(10)14)23(20,21)17(2)22-3/h5-7H,4,8H2,1-3H3,(H,15,18)(H,16,19). The summed E-state index contributed by atoms with van der Waals surface area (Å²) in [6, 6.07) is 3.67. The molecule has 0 atom stereocenters. The van der Waals surface area contributed by atoms with Crippen molar-refractivity contribution < 1.29 is 22.8 Å². The van der Waals surface area contributed by atoms with Gasteiger partial charge in [0.2, 0.25) is 5.91 Å². The number of likely N-dealkylation sites (N-methyl/N-ethyl adjacent to an activating group) is 1. The normalized spacial score (nSPS) is 11.3. The Hall–Kier alpha value is -1.68. The zero-order valence-corrected chi connectivity index (χ0v) is 14.5. The van der Waals surface area contributed by atoms with Crippen LogP contribution in [0.1, 0.15) is 17.3 Å². The number of nitrogens with one attached hydrogen (secondary N) is 2. The lowest BCUT2D eigenvalue weighted by molar-refractivity contribution is -0.120. The van der Waals surface area contributed by atoms with Crippen LogP contribution in [0.25, 0.3) is 0 Å². The Morgan fingerprint density at radius 2 is 1.96 bits per heavy atom. The van der Waals surface area contributed by atoms with Gasteiger partial charge in [0.15, 0.2) is 0 Å². The predicted octanol–water partition coefficient (Wildman–Crippen LogP) is 0.388. The van der Waals surface area contributed by atoms with Gasteiger partial charge in [-0.3, -0.25) is 14.4 Å². The largest absolute Gasteiger partial charge is 0.355 e. The molecule has 0 unspecified atom stereocenters. The van der Waals surface area contributed by atoms with E-state index in [1.54, 1.807) is 6.92 Å². The summed E-state index contributed by atoms with van der Waals surface area (Å²) >= 11 is 5.93. The zero-order chi connectivity index (χ0) is 17.6. The SMILES string of the molecule is CCNC(=O)CNC(=O)c1cc(S(=O)(=O)N(C)OC)ccc1Cl. The van der Waals surface area contributed by atoms with E-state index in [-0.39, 0.29) is 27.9 Å². The first-order valence-corrected chi connectivity index (χ1v) is 8.43. The molecule has 0 aliphatic rings. The van der Waals surface area contributed by atoms with Crippen molar-refractivity contribution in [3.05, 3.63) is 28.8 Å². The van der Waals surface area contributed by atoms with Crippen molar-refractivity contribution in [2.24, 2.45) is 0 Å². The number of rotatable bonds is 7. The first-order chi connectivity index (χ1) is 10.7. The fourth-order valence-electron chi connectivity index (χ4n) is 1.60. The Morgan fingerprint density at radius 1 is 1.30 bits per heavy atom. The number of nitrogens with zero attached hydrogens (tertiary/aromatic N) is 1. The van der Waals surface area contributed by atoms with Crippen LogP contribution in [0.2, 0.25) is 5.02 Å². The molecule has 1 rings (SSSR count). The molecular formula is C13H18ClN3O5S. The Balaban J connectivity index is 3.02. The third-order valence-electron chi connectivity index (χ3n) is 2.86. The minimum atomic E-state index is -3.91. The van der Waals surface area contributed by atoms with E-state index in [0.29, 0.717) is 11.0 Å². The summed E-state index contributed by atoms with van der Waals surface area (Å²) < 4.78 is 25.0. The number of hydroxylamine groups is 1. The van der Waals surface area contributed by atoms with Crippen LogP contribution in [-0.4, -0.2) is 51.9 Å².